The standard InChI is InChI=1S/C16H23N3OS/c1-12-6-5-7-13(16(17)21)15(12)18-9-8-14(20)19-10-3-2-4-11-19/h5-7,18H,2-4,8-11H2,1H3,(H2,17,21). The Morgan fingerprint density at radius 3 is 2.71 bits per heavy atom. The van der Waals surface area contributed by atoms with E-state index in [1.54, 1.807) is 0 Å². The van der Waals surface area contributed by atoms with Crippen LogP contribution in [0.4, 0.5) is 5.69 Å². The predicted octanol–water partition coefficient (Wildman–Crippen LogP) is 2.44. The molecule has 0 spiro atoms. The number of piperidine rings is 1. The largest absolute Gasteiger partial charge is 0.389 e. The van der Waals surface area contributed by atoms with E-state index in [1.807, 2.05) is 30.0 Å². The fourth-order valence-corrected chi connectivity index (χ4v) is 2.87. The molecule has 0 atom stereocenters. The van der Waals surface area contributed by atoms with Crippen LogP contribution in [-0.2, 0) is 4.79 Å². The first-order valence-corrected chi connectivity index (χ1v) is 7.91. The third-order valence-electron chi connectivity index (χ3n) is 3.89. The molecule has 1 saturated heterocycles. The third-order valence-corrected chi connectivity index (χ3v) is 4.11. The summed E-state index contributed by atoms with van der Waals surface area (Å²) in [5, 5.41) is 3.32. The van der Waals surface area contributed by atoms with E-state index in [4.69, 9.17) is 18.0 Å². The maximum Gasteiger partial charge on any atom is 0.224 e. The van der Waals surface area contributed by atoms with Crippen molar-refractivity contribution in [3.05, 3.63) is 29.3 Å². The molecule has 1 aliphatic heterocycles. The zero-order valence-electron chi connectivity index (χ0n) is 12.5. The number of para-hydroxylation sites is 1. The fraction of sp³-hybridized carbons (Fsp3) is 0.500. The minimum atomic E-state index is 0.229. The Bertz CT molecular complexity index is 524. The number of aryl methyl sites for hydroxylation is 1. The van der Waals surface area contributed by atoms with Gasteiger partial charge in [0.15, 0.2) is 0 Å². The molecule has 0 unspecified atom stereocenters. The molecule has 0 radical (unpaired) electrons. The predicted molar refractivity (Wildman–Crippen MR) is 90.6 cm³/mol. The number of hydrogen-bond acceptors (Lipinski definition) is 3. The Morgan fingerprint density at radius 2 is 2.05 bits per heavy atom. The van der Waals surface area contributed by atoms with Crippen LogP contribution in [0.1, 0.15) is 36.8 Å². The molecular weight excluding hydrogens is 282 g/mol. The number of likely N-dealkylation sites (tertiary alicyclic amines) is 1. The maximum absolute atomic E-state index is 12.1. The molecule has 1 heterocycles. The first-order valence-electron chi connectivity index (χ1n) is 7.50. The minimum absolute atomic E-state index is 0.229. The lowest BCUT2D eigenvalue weighted by Crippen LogP contribution is -2.36. The second-order valence-electron chi connectivity index (χ2n) is 5.48. The highest BCUT2D eigenvalue weighted by Gasteiger charge is 2.16. The minimum Gasteiger partial charge on any atom is -0.389 e. The van der Waals surface area contributed by atoms with Crippen LogP contribution in [0.15, 0.2) is 18.2 Å². The lowest BCUT2D eigenvalue weighted by atomic mass is 10.1. The number of nitrogens with two attached hydrogens (primary N) is 1. The number of rotatable bonds is 5. The monoisotopic (exact) mass is 305 g/mol. The molecule has 114 valence electrons. The van der Waals surface area contributed by atoms with Gasteiger partial charge in [-0.3, -0.25) is 4.79 Å². The Balaban J connectivity index is 1.91. The number of carbonyl (C=O) groups is 1. The molecule has 21 heavy (non-hydrogen) atoms. The van der Waals surface area contributed by atoms with E-state index in [-0.39, 0.29) is 5.91 Å². The average molecular weight is 305 g/mol. The van der Waals surface area contributed by atoms with Gasteiger partial charge in [-0.05, 0) is 37.8 Å². The van der Waals surface area contributed by atoms with Gasteiger partial charge in [0.2, 0.25) is 5.91 Å². The van der Waals surface area contributed by atoms with Gasteiger partial charge in [0.1, 0.15) is 4.99 Å². The van der Waals surface area contributed by atoms with Crippen LogP contribution in [-0.4, -0.2) is 35.4 Å². The van der Waals surface area contributed by atoms with Crippen molar-refractivity contribution in [2.75, 3.05) is 25.0 Å². The van der Waals surface area contributed by atoms with Crippen molar-refractivity contribution in [1.82, 2.24) is 4.90 Å². The number of nitrogens with zero attached hydrogens (tertiary/aromatic N) is 1. The quantitative estimate of drug-likeness (QED) is 0.820. The Hall–Kier alpha value is -1.62. The highest BCUT2D eigenvalue weighted by molar-refractivity contribution is 7.80. The van der Waals surface area contributed by atoms with Crippen molar-refractivity contribution in [1.29, 1.82) is 0 Å². The second kappa shape index (κ2) is 7.41. The highest BCUT2D eigenvalue weighted by Crippen LogP contribution is 2.20. The Kier molecular flexibility index (Phi) is 5.56. The van der Waals surface area contributed by atoms with Gasteiger partial charge >= 0.3 is 0 Å². The molecular formula is C16H23N3OS. The van der Waals surface area contributed by atoms with Crippen LogP contribution >= 0.6 is 12.2 Å². The van der Waals surface area contributed by atoms with Crippen molar-refractivity contribution in [2.45, 2.75) is 32.6 Å². The fourth-order valence-electron chi connectivity index (χ4n) is 2.70. The SMILES string of the molecule is Cc1cccc(C(N)=S)c1NCCC(=O)N1CCCCC1. The lowest BCUT2D eigenvalue weighted by molar-refractivity contribution is -0.131. The van der Waals surface area contributed by atoms with Crippen LogP contribution in [0.25, 0.3) is 0 Å². The number of hydrogen-bond donors (Lipinski definition) is 2. The van der Waals surface area contributed by atoms with E-state index >= 15 is 0 Å². The number of nitrogens with one attached hydrogen (secondary N) is 1. The van der Waals surface area contributed by atoms with Gasteiger partial charge in [0.25, 0.3) is 0 Å². The third kappa shape index (κ3) is 4.17. The molecule has 2 rings (SSSR count). The van der Waals surface area contributed by atoms with Gasteiger partial charge in [-0.1, -0.05) is 24.4 Å². The summed E-state index contributed by atoms with van der Waals surface area (Å²) in [7, 11) is 0. The van der Waals surface area contributed by atoms with E-state index in [2.05, 4.69) is 5.32 Å². The summed E-state index contributed by atoms with van der Waals surface area (Å²) < 4.78 is 0. The zero-order valence-corrected chi connectivity index (χ0v) is 13.3. The number of carbonyl (C=O) groups excluding carboxylic acids is 1. The summed E-state index contributed by atoms with van der Waals surface area (Å²) in [6, 6.07) is 5.86. The summed E-state index contributed by atoms with van der Waals surface area (Å²) in [4.78, 5) is 14.5. The van der Waals surface area contributed by atoms with E-state index in [1.165, 1.54) is 6.42 Å². The Labute approximate surface area is 131 Å². The van der Waals surface area contributed by atoms with Gasteiger partial charge in [0, 0.05) is 37.3 Å². The molecule has 1 aliphatic rings. The van der Waals surface area contributed by atoms with Gasteiger partial charge in [-0.15, -0.1) is 0 Å². The van der Waals surface area contributed by atoms with Crippen LogP contribution in [0, 0.1) is 6.92 Å². The molecule has 1 amide bonds. The van der Waals surface area contributed by atoms with E-state index in [0.29, 0.717) is 18.0 Å². The van der Waals surface area contributed by atoms with Gasteiger partial charge < -0.3 is 16.0 Å². The summed E-state index contributed by atoms with van der Waals surface area (Å²) in [5.74, 6) is 0.229. The molecule has 3 N–H and O–H groups in total. The highest BCUT2D eigenvalue weighted by atomic mass is 32.1. The average Bonchev–Trinajstić information content (AvgIpc) is 2.49. The molecule has 1 aromatic carbocycles. The van der Waals surface area contributed by atoms with Gasteiger partial charge in [-0.25, -0.2) is 0 Å². The normalized spacial score (nSPS) is 14.8. The van der Waals surface area contributed by atoms with E-state index in [9.17, 15) is 4.79 Å². The number of amides is 1. The van der Waals surface area contributed by atoms with Crippen molar-refractivity contribution in [3.8, 4) is 0 Å². The smallest absolute Gasteiger partial charge is 0.224 e. The summed E-state index contributed by atoms with van der Waals surface area (Å²) in [6.45, 7) is 4.43. The molecule has 1 aromatic rings. The zero-order chi connectivity index (χ0) is 15.2. The van der Waals surface area contributed by atoms with Crippen molar-refractivity contribution in [2.24, 2.45) is 5.73 Å². The van der Waals surface area contributed by atoms with Crippen molar-refractivity contribution >= 4 is 28.8 Å². The Morgan fingerprint density at radius 1 is 1.33 bits per heavy atom. The topological polar surface area (TPSA) is 58.4 Å². The number of benzene rings is 1. The first kappa shape index (κ1) is 15.8. The van der Waals surface area contributed by atoms with E-state index < -0.39 is 0 Å². The molecule has 5 heteroatoms. The molecule has 0 aromatic heterocycles. The second-order valence-corrected chi connectivity index (χ2v) is 5.92. The number of thiocarbonyl (C=S) groups is 1. The van der Waals surface area contributed by atoms with Crippen LogP contribution in [0.2, 0.25) is 0 Å². The molecule has 4 nitrogen and oxygen atoms in total. The van der Waals surface area contributed by atoms with Crippen molar-refractivity contribution < 1.29 is 4.79 Å². The summed E-state index contributed by atoms with van der Waals surface area (Å²) >= 11 is 5.08. The molecule has 0 bridgehead atoms. The summed E-state index contributed by atoms with van der Waals surface area (Å²) in [5.41, 5.74) is 8.62. The molecule has 1 fully saturated rings. The van der Waals surface area contributed by atoms with Crippen molar-refractivity contribution in [3.63, 3.8) is 0 Å². The lowest BCUT2D eigenvalue weighted by Gasteiger charge is -2.27. The van der Waals surface area contributed by atoms with E-state index in [0.717, 1.165) is 42.7 Å². The number of anilines is 1. The van der Waals surface area contributed by atoms with Crippen LogP contribution < -0.4 is 11.1 Å². The van der Waals surface area contributed by atoms with Gasteiger partial charge in [0.05, 0.1) is 0 Å². The first-order chi connectivity index (χ1) is 10.1. The van der Waals surface area contributed by atoms with Crippen LogP contribution in [0.3, 0.4) is 0 Å². The summed E-state index contributed by atoms with van der Waals surface area (Å²) in [6.07, 6.45) is 4.00. The maximum atomic E-state index is 12.1. The van der Waals surface area contributed by atoms with Gasteiger partial charge in [-0.2, -0.15) is 0 Å². The van der Waals surface area contributed by atoms with Crippen LogP contribution in [0.5, 0.6) is 0 Å². The molecule has 0 aliphatic carbocycles. The molecule has 0 saturated carbocycles.